The molecule has 0 spiro atoms. The fraction of sp³-hybridized carbons (Fsp3) is 0. The summed E-state index contributed by atoms with van der Waals surface area (Å²) in [4.78, 5) is 15.3. The summed E-state index contributed by atoms with van der Waals surface area (Å²) >= 11 is 1.79. The molecule has 242 valence electrons. The standard InChI is InChI=1S/C47H28N4S/c1-2-13-31(14-3-1)45-48-46(50-47(49-45)38-19-10-18-37-36-17-8-9-20-41(36)52-44(37)38)32-21-25-33(26-22-32)51-39-27-23-29-11-4-6-15-34(29)42(39)43-35-16-7-5-12-30(35)24-28-40(43)51/h1-28H. The van der Waals surface area contributed by atoms with E-state index in [1.165, 1.54) is 63.5 Å². The van der Waals surface area contributed by atoms with Gasteiger partial charge >= 0.3 is 0 Å². The molecule has 11 rings (SSSR count). The summed E-state index contributed by atoms with van der Waals surface area (Å²) in [5, 5.41) is 10.0. The van der Waals surface area contributed by atoms with Crippen molar-refractivity contribution in [3.63, 3.8) is 0 Å². The first-order chi connectivity index (χ1) is 25.8. The lowest BCUT2D eigenvalue weighted by atomic mass is 10.00. The van der Waals surface area contributed by atoms with Gasteiger partial charge in [0.15, 0.2) is 17.5 Å². The second-order valence-corrected chi connectivity index (χ2v) is 14.2. The monoisotopic (exact) mass is 680 g/mol. The molecule has 0 fully saturated rings. The van der Waals surface area contributed by atoms with E-state index in [0.29, 0.717) is 17.5 Å². The molecule has 0 radical (unpaired) electrons. The van der Waals surface area contributed by atoms with Gasteiger partial charge in [0.2, 0.25) is 0 Å². The van der Waals surface area contributed by atoms with Crippen LogP contribution in [0.3, 0.4) is 0 Å². The maximum Gasteiger partial charge on any atom is 0.165 e. The van der Waals surface area contributed by atoms with Crippen molar-refractivity contribution in [2.75, 3.05) is 0 Å². The van der Waals surface area contributed by atoms with Crippen molar-refractivity contribution in [2.24, 2.45) is 0 Å². The van der Waals surface area contributed by atoms with Crippen molar-refractivity contribution in [1.29, 1.82) is 0 Å². The van der Waals surface area contributed by atoms with E-state index in [1.54, 1.807) is 11.3 Å². The highest BCUT2D eigenvalue weighted by atomic mass is 32.1. The van der Waals surface area contributed by atoms with E-state index < -0.39 is 0 Å². The van der Waals surface area contributed by atoms with Crippen LogP contribution < -0.4 is 0 Å². The number of rotatable bonds is 4. The maximum absolute atomic E-state index is 5.16. The molecule has 0 bridgehead atoms. The van der Waals surface area contributed by atoms with Crippen LogP contribution in [0.15, 0.2) is 170 Å². The number of thiophene rings is 1. The number of fused-ring (bicyclic) bond motifs is 10. The largest absolute Gasteiger partial charge is 0.309 e. The number of aromatic nitrogens is 4. The Morgan fingerprint density at radius 2 is 0.923 bits per heavy atom. The first kappa shape index (κ1) is 29.1. The molecular weight excluding hydrogens is 653 g/mol. The Bertz CT molecular complexity index is 3080. The lowest BCUT2D eigenvalue weighted by molar-refractivity contribution is 1.08. The van der Waals surface area contributed by atoms with Gasteiger partial charge in [-0.15, -0.1) is 11.3 Å². The van der Waals surface area contributed by atoms with Crippen LogP contribution in [0.5, 0.6) is 0 Å². The number of nitrogens with zero attached hydrogens (tertiary/aromatic N) is 4. The van der Waals surface area contributed by atoms with E-state index in [0.717, 1.165) is 22.4 Å². The quantitative estimate of drug-likeness (QED) is 0.186. The average Bonchev–Trinajstić information content (AvgIpc) is 3.78. The molecule has 11 aromatic rings. The summed E-state index contributed by atoms with van der Waals surface area (Å²) < 4.78 is 4.83. The lowest BCUT2D eigenvalue weighted by Crippen LogP contribution is -2.00. The Balaban J connectivity index is 1.11. The zero-order valence-corrected chi connectivity index (χ0v) is 28.7. The Morgan fingerprint density at radius 3 is 1.60 bits per heavy atom. The minimum absolute atomic E-state index is 0.646. The van der Waals surface area contributed by atoms with E-state index in [4.69, 9.17) is 15.0 Å². The first-order valence-corrected chi connectivity index (χ1v) is 18.3. The van der Waals surface area contributed by atoms with E-state index in [-0.39, 0.29) is 0 Å². The van der Waals surface area contributed by atoms with Gasteiger partial charge in [-0.2, -0.15) is 0 Å². The van der Waals surface area contributed by atoms with Gasteiger partial charge in [-0.3, -0.25) is 0 Å². The molecule has 0 amide bonds. The third kappa shape index (κ3) is 4.43. The summed E-state index contributed by atoms with van der Waals surface area (Å²) in [5.41, 5.74) is 6.36. The van der Waals surface area contributed by atoms with Gasteiger partial charge < -0.3 is 4.57 Å². The molecule has 0 aliphatic rings. The van der Waals surface area contributed by atoms with E-state index >= 15 is 0 Å². The summed E-state index contributed by atoms with van der Waals surface area (Å²) in [6.07, 6.45) is 0. The molecular formula is C47H28N4S. The van der Waals surface area contributed by atoms with Crippen LogP contribution in [0.1, 0.15) is 0 Å². The van der Waals surface area contributed by atoms with Crippen LogP contribution in [0, 0.1) is 0 Å². The van der Waals surface area contributed by atoms with Crippen LogP contribution in [-0.2, 0) is 0 Å². The molecule has 0 saturated heterocycles. The first-order valence-electron chi connectivity index (χ1n) is 17.5. The van der Waals surface area contributed by atoms with Gasteiger partial charge in [0, 0.05) is 53.3 Å². The summed E-state index contributed by atoms with van der Waals surface area (Å²) in [6.45, 7) is 0. The second kappa shape index (κ2) is 11.4. The predicted molar refractivity (Wildman–Crippen MR) is 218 cm³/mol. The van der Waals surface area contributed by atoms with Gasteiger partial charge in [0.1, 0.15) is 0 Å². The number of hydrogen-bond acceptors (Lipinski definition) is 4. The number of hydrogen-bond donors (Lipinski definition) is 0. The molecule has 3 heterocycles. The second-order valence-electron chi connectivity index (χ2n) is 13.2. The van der Waals surface area contributed by atoms with E-state index in [1.807, 2.05) is 18.2 Å². The molecule has 5 heteroatoms. The minimum atomic E-state index is 0.646. The maximum atomic E-state index is 5.16. The Hall–Kier alpha value is -6.69. The van der Waals surface area contributed by atoms with Gasteiger partial charge in [-0.25, -0.2) is 15.0 Å². The lowest BCUT2D eigenvalue weighted by Gasteiger charge is -2.11. The van der Waals surface area contributed by atoms with Crippen molar-refractivity contribution in [1.82, 2.24) is 19.5 Å². The van der Waals surface area contributed by atoms with E-state index in [2.05, 4.69) is 156 Å². The van der Waals surface area contributed by atoms with Crippen molar-refractivity contribution in [2.45, 2.75) is 0 Å². The molecule has 0 atom stereocenters. The van der Waals surface area contributed by atoms with Gasteiger partial charge in [0.05, 0.1) is 11.0 Å². The molecule has 0 unspecified atom stereocenters. The van der Waals surface area contributed by atoms with E-state index in [9.17, 15) is 0 Å². The molecule has 0 aliphatic heterocycles. The number of benzene rings is 8. The highest BCUT2D eigenvalue weighted by Crippen LogP contribution is 2.42. The third-order valence-electron chi connectivity index (χ3n) is 10.2. The topological polar surface area (TPSA) is 43.6 Å². The summed E-state index contributed by atoms with van der Waals surface area (Å²) in [5.74, 6) is 1.97. The Morgan fingerprint density at radius 1 is 0.385 bits per heavy atom. The molecule has 4 nitrogen and oxygen atoms in total. The smallest absolute Gasteiger partial charge is 0.165 e. The molecule has 3 aromatic heterocycles. The normalized spacial score (nSPS) is 11.8. The highest BCUT2D eigenvalue weighted by molar-refractivity contribution is 7.26. The fourth-order valence-corrected chi connectivity index (χ4v) is 9.06. The molecule has 52 heavy (non-hydrogen) atoms. The minimum Gasteiger partial charge on any atom is -0.309 e. The van der Waals surface area contributed by atoms with Crippen LogP contribution in [0.25, 0.3) is 103 Å². The average molecular weight is 681 g/mol. The van der Waals surface area contributed by atoms with Crippen LogP contribution in [0.2, 0.25) is 0 Å². The summed E-state index contributed by atoms with van der Waals surface area (Å²) in [6, 6.07) is 60.2. The highest BCUT2D eigenvalue weighted by Gasteiger charge is 2.19. The van der Waals surface area contributed by atoms with Crippen LogP contribution in [0.4, 0.5) is 0 Å². The van der Waals surface area contributed by atoms with Crippen molar-refractivity contribution in [3.8, 4) is 39.9 Å². The molecule has 0 N–H and O–H groups in total. The van der Waals surface area contributed by atoms with Crippen molar-refractivity contribution in [3.05, 3.63) is 170 Å². The summed E-state index contributed by atoms with van der Waals surface area (Å²) in [7, 11) is 0. The van der Waals surface area contributed by atoms with Crippen molar-refractivity contribution >= 4 is 74.9 Å². The molecule has 8 aromatic carbocycles. The zero-order valence-electron chi connectivity index (χ0n) is 27.9. The van der Waals surface area contributed by atoms with Gasteiger partial charge in [-0.1, -0.05) is 121 Å². The van der Waals surface area contributed by atoms with Gasteiger partial charge in [0.25, 0.3) is 0 Å². The fourth-order valence-electron chi connectivity index (χ4n) is 7.85. The SMILES string of the molecule is c1ccc(-c2nc(-c3ccc(-n4c5ccc6ccccc6c5c5c6ccccc6ccc54)cc3)nc(-c3cccc4c3sc3ccccc34)n2)cc1. The zero-order chi connectivity index (χ0) is 34.2. The van der Waals surface area contributed by atoms with Crippen LogP contribution in [-0.4, -0.2) is 19.5 Å². The van der Waals surface area contributed by atoms with Crippen molar-refractivity contribution < 1.29 is 0 Å². The van der Waals surface area contributed by atoms with Crippen LogP contribution >= 0.6 is 11.3 Å². The van der Waals surface area contributed by atoms with Gasteiger partial charge in [-0.05, 0) is 70.1 Å². The molecule has 0 aliphatic carbocycles. The Labute approximate surface area is 302 Å². The third-order valence-corrected chi connectivity index (χ3v) is 11.5. The predicted octanol–water partition coefficient (Wildman–Crippen LogP) is 12.6. The Kier molecular flexibility index (Phi) is 6.39. The molecule has 0 saturated carbocycles.